The zero-order chi connectivity index (χ0) is 9.05. The Balaban J connectivity index is 2.01. The monoisotopic (exact) mass is 176 g/mol. The van der Waals surface area contributed by atoms with E-state index in [-0.39, 0.29) is 11.5 Å². The lowest BCUT2D eigenvalue weighted by Gasteiger charge is -2.57. The summed E-state index contributed by atoms with van der Waals surface area (Å²) in [5, 5.41) is 9.27. The van der Waals surface area contributed by atoms with E-state index in [4.69, 9.17) is 5.73 Å². The molecule has 0 aromatic carbocycles. The summed E-state index contributed by atoms with van der Waals surface area (Å²) in [4.78, 5) is 0. The molecule has 0 amide bonds. The summed E-state index contributed by atoms with van der Waals surface area (Å²) in [6.07, 6.45) is 6.18. The molecule has 3 unspecified atom stereocenters. The molecule has 4 saturated carbocycles. The topological polar surface area (TPSA) is 49.8 Å². The maximum absolute atomic E-state index is 9.27. The summed E-state index contributed by atoms with van der Waals surface area (Å²) in [7, 11) is 0. The first-order valence-corrected chi connectivity index (χ1v) is 5.40. The minimum Gasteiger partial charge on any atom is -0.326 e. The lowest BCUT2D eigenvalue weighted by atomic mass is 9.48. The van der Waals surface area contributed by atoms with Gasteiger partial charge in [-0.25, -0.2) is 0 Å². The van der Waals surface area contributed by atoms with E-state index in [0.717, 1.165) is 24.7 Å². The largest absolute Gasteiger partial charge is 0.326 e. The average Bonchev–Trinajstić information content (AvgIpc) is 2.12. The van der Waals surface area contributed by atoms with E-state index in [0.29, 0.717) is 5.92 Å². The lowest BCUT2D eigenvalue weighted by molar-refractivity contribution is -0.0389. The van der Waals surface area contributed by atoms with Crippen LogP contribution in [0.4, 0.5) is 0 Å². The summed E-state index contributed by atoms with van der Waals surface area (Å²) < 4.78 is 0. The van der Waals surface area contributed by atoms with E-state index in [9.17, 15) is 5.26 Å². The van der Waals surface area contributed by atoms with Crippen LogP contribution in [-0.2, 0) is 0 Å². The van der Waals surface area contributed by atoms with Gasteiger partial charge < -0.3 is 5.73 Å². The van der Waals surface area contributed by atoms with E-state index in [2.05, 4.69) is 6.07 Å². The number of hydrogen-bond donors (Lipinski definition) is 1. The fourth-order valence-corrected chi connectivity index (χ4v) is 4.25. The molecule has 0 spiro atoms. The van der Waals surface area contributed by atoms with Crippen LogP contribution in [-0.4, -0.2) is 6.04 Å². The number of nitriles is 1. The van der Waals surface area contributed by atoms with Gasteiger partial charge in [0.05, 0.1) is 11.5 Å². The first-order valence-electron chi connectivity index (χ1n) is 5.40. The molecule has 0 aromatic rings. The van der Waals surface area contributed by atoms with Crippen molar-refractivity contribution in [3.05, 3.63) is 0 Å². The van der Waals surface area contributed by atoms with Crippen LogP contribution >= 0.6 is 0 Å². The number of nitrogens with zero attached hydrogens (tertiary/aromatic N) is 1. The molecular formula is C11H16N2. The SMILES string of the molecule is N#CC12CC3CC(CC(C3)C1N)C2. The first-order chi connectivity index (χ1) is 6.23. The van der Waals surface area contributed by atoms with Crippen molar-refractivity contribution in [3.8, 4) is 6.07 Å². The van der Waals surface area contributed by atoms with Gasteiger partial charge in [0.25, 0.3) is 0 Å². The van der Waals surface area contributed by atoms with Crippen LogP contribution in [0.3, 0.4) is 0 Å². The molecule has 2 N–H and O–H groups in total. The van der Waals surface area contributed by atoms with E-state index < -0.39 is 0 Å². The number of rotatable bonds is 0. The van der Waals surface area contributed by atoms with Crippen molar-refractivity contribution < 1.29 is 0 Å². The second-order valence-electron chi connectivity index (χ2n) is 5.40. The minimum atomic E-state index is -0.116. The first kappa shape index (κ1) is 7.82. The maximum atomic E-state index is 9.27. The molecule has 4 bridgehead atoms. The van der Waals surface area contributed by atoms with Crippen molar-refractivity contribution in [3.63, 3.8) is 0 Å². The third-order valence-electron chi connectivity index (χ3n) is 4.61. The quantitative estimate of drug-likeness (QED) is 0.610. The normalized spacial score (nSPS) is 57.8. The molecular weight excluding hydrogens is 160 g/mol. The van der Waals surface area contributed by atoms with Crippen molar-refractivity contribution in [2.75, 3.05) is 0 Å². The van der Waals surface area contributed by atoms with Crippen molar-refractivity contribution in [2.24, 2.45) is 28.9 Å². The minimum absolute atomic E-state index is 0.116. The van der Waals surface area contributed by atoms with Gasteiger partial charge in [0.15, 0.2) is 0 Å². The zero-order valence-electron chi connectivity index (χ0n) is 7.87. The Bertz CT molecular complexity index is 264. The number of hydrogen-bond acceptors (Lipinski definition) is 2. The predicted octanol–water partition coefficient (Wildman–Crippen LogP) is 1.66. The zero-order valence-corrected chi connectivity index (χ0v) is 7.87. The van der Waals surface area contributed by atoms with Crippen LogP contribution < -0.4 is 5.73 Å². The van der Waals surface area contributed by atoms with Gasteiger partial charge in [-0.15, -0.1) is 0 Å². The van der Waals surface area contributed by atoms with Crippen molar-refractivity contribution in [2.45, 2.75) is 38.1 Å². The molecule has 70 valence electrons. The van der Waals surface area contributed by atoms with E-state index in [1.165, 1.54) is 19.3 Å². The highest BCUT2D eigenvalue weighted by atomic mass is 14.8. The van der Waals surface area contributed by atoms with Gasteiger partial charge in [-0.3, -0.25) is 0 Å². The summed E-state index contributed by atoms with van der Waals surface area (Å²) >= 11 is 0. The van der Waals surface area contributed by atoms with Crippen LogP contribution in [0.15, 0.2) is 0 Å². The smallest absolute Gasteiger partial charge is 0.0732 e. The van der Waals surface area contributed by atoms with Gasteiger partial charge in [0, 0.05) is 6.04 Å². The van der Waals surface area contributed by atoms with E-state index in [1.807, 2.05) is 0 Å². The molecule has 0 radical (unpaired) electrons. The van der Waals surface area contributed by atoms with Gasteiger partial charge in [-0.1, -0.05) is 0 Å². The highest BCUT2D eigenvalue weighted by molar-refractivity contribution is 5.17. The van der Waals surface area contributed by atoms with Gasteiger partial charge in [-0.05, 0) is 49.9 Å². The van der Waals surface area contributed by atoms with Crippen LogP contribution in [0.25, 0.3) is 0 Å². The lowest BCUT2D eigenvalue weighted by Crippen LogP contribution is -2.58. The Morgan fingerprint density at radius 1 is 1.15 bits per heavy atom. The molecule has 3 atom stereocenters. The molecule has 0 aromatic heterocycles. The second kappa shape index (κ2) is 2.27. The summed E-state index contributed by atoms with van der Waals surface area (Å²) in [6.45, 7) is 0. The summed E-state index contributed by atoms with van der Waals surface area (Å²) in [5.74, 6) is 2.33. The average molecular weight is 176 g/mol. The third-order valence-corrected chi connectivity index (χ3v) is 4.61. The van der Waals surface area contributed by atoms with Crippen molar-refractivity contribution in [1.29, 1.82) is 5.26 Å². The molecule has 2 nitrogen and oxygen atoms in total. The van der Waals surface area contributed by atoms with Crippen LogP contribution in [0.1, 0.15) is 32.1 Å². The molecule has 4 fully saturated rings. The standard InChI is InChI=1S/C11H16N2/c12-6-11-4-7-1-8(5-11)3-9(2-7)10(11)13/h7-10H,1-5,13H2. The molecule has 0 aliphatic heterocycles. The fourth-order valence-electron chi connectivity index (χ4n) is 4.25. The van der Waals surface area contributed by atoms with E-state index in [1.54, 1.807) is 0 Å². The van der Waals surface area contributed by atoms with Gasteiger partial charge in [0.1, 0.15) is 0 Å². The fraction of sp³-hybridized carbons (Fsp3) is 0.909. The Hall–Kier alpha value is -0.550. The van der Waals surface area contributed by atoms with Crippen LogP contribution in [0.5, 0.6) is 0 Å². The van der Waals surface area contributed by atoms with Gasteiger partial charge in [0.2, 0.25) is 0 Å². The van der Waals surface area contributed by atoms with Gasteiger partial charge >= 0.3 is 0 Å². The molecule has 0 heterocycles. The summed E-state index contributed by atoms with van der Waals surface area (Å²) in [5.41, 5.74) is 6.07. The molecule has 13 heavy (non-hydrogen) atoms. The van der Waals surface area contributed by atoms with Crippen molar-refractivity contribution >= 4 is 0 Å². The molecule has 4 rings (SSSR count). The highest BCUT2D eigenvalue weighted by Gasteiger charge is 2.56. The highest BCUT2D eigenvalue weighted by Crippen LogP contribution is 2.58. The second-order valence-corrected chi connectivity index (χ2v) is 5.40. The molecule has 0 saturated heterocycles. The molecule has 4 aliphatic rings. The Morgan fingerprint density at radius 3 is 2.31 bits per heavy atom. The Kier molecular flexibility index (Phi) is 1.37. The van der Waals surface area contributed by atoms with E-state index >= 15 is 0 Å². The molecule has 4 aliphatic carbocycles. The predicted molar refractivity (Wildman–Crippen MR) is 49.6 cm³/mol. The maximum Gasteiger partial charge on any atom is 0.0732 e. The van der Waals surface area contributed by atoms with Gasteiger partial charge in [-0.2, -0.15) is 5.26 Å². The Labute approximate surface area is 79.1 Å². The van der Waals surface area contributed by atoms with Crippen LogP contribution in [0, 0.1) is 34.5 Å². The summed E-state index contributed by atoms with van der Waals surface area (Å²) in [6, 6.07) is 2.72. The third kappa shape index (κ3) is 0.862. The number of nitrogens with two attached hydrogens (primary N) is 1. The molecule has 2 heteroatoms. The van der Waals surface area contributed by atoms with Crippen LogP contribution in [0.2, 0.25) is 0 Å². The van der Waals surface area contributed by atoms with Crippen molar-refractivity contribution in [1.82, 2.24) is 0 Å². The Morgan fingerprint density at radius 2 is 1.77 bits per heavy atom.